The van der Waals surface area contributed by atoms with Crippen molar-refractivity contribution < 1.29 is 35.8 Å². The highest BCUT2D eigenvalue weighted by Crippen LogP contribution is 2.50. The Bertz CT molecular complexity index is 569. The van der Waals surface area contributed by atoms with Crippen LogP contribution in [0.5, 0.6) is 0 Å². The molecule has 0 atom stereocenters. The van der Waals surface area contributed by atoms with Gasteiger partial charge < -0.3 is 10.8 Å². The summed E-state index contributed by atoms with van der Waals surface area (Å²) in [7, 11) is 0. The van der Waals surface area contributed by atoms with Crippen LogP contribution in [0.15, 0.2) is 23.2 Å². The zero-order valence-electron chi connectivity index (χ0n) is 10.4. The second-order valence-electron chi connectivity index (χ2n) is 4.11. The fourth-order valence-electron chi connectivity index (χ4n) is 1.50. The quantitative estimate of drug-likeness (QED) is 0.379. The van der Waals surface area contributed by atoms with Gasteiger partial charge in [0.1, 0.15) is 17.3 Å². The van der Waals surface area contributed by atoms with Crippen molar-refractivity contribution in [3.63, 3.8) is 0 Å². The molecule has 0 aliphatic heterocycles. The highest BCUT2D eigenvalue weighted by Gasteiger charge is 2.71. The number of hydrogen-bond acceptors (Lipinski definition) is 2. The first-order valence-corrected chi connectivity index (χ1v) is 5.93. The lowest BCUT2D eigenvalue weighted by molar-refractivity contribution is -0.376. The van der Waals surface area contributed by atoms with Crippen LogP contribution in [0.4, 0.5) is 36.4 Å². The van der Waals surface area contributed by atoms with E-state index in [9.17, 15) is 30.7 Å². The van der Waals surface area contributed by atoms with E-state index in [1.165, 1.54) is 0 Å². The van der Waals surface area contributed by atoms with Gasteiger partial charge in [-0.05, 0) is 12.1 Å². The monoisotopic (exact) mass is 352 g/mol. The van der Waals surface area contributed by atoms with Gasteiger partial charge in [0, 0.05) is 5.56 Å². The van der Waals surface area contributed by atoms with Crippen LogP contribution in [0, 0.1) is 5.82 Å². The number of hydrogen-bond donors (Lipinski definition) is 2. The number of benzene rings is 1. The molecule has 0 saturated carbocycles. The molecule has 0 radical (unpaired) electrons. The predicted octanol–water partition coefficient (Wildman–Crippen LogP) is 3.37. The van der Waals surface area contributed by atoms with Crippen molar-refractivity contribution in [3.8, 4) is 0 Å². The van der Waals surface area contributed by atoms with Gasteiger partial charge in [0.05, 0.1) is 5.88 Å². The second-order valence-corrected chi connectivity index (χ2v) is 4.38. The summed E-state index contributed by atoms with van der Waals surface area (Å²) >= 11 is 5.26. The Morgan fingerprint density at radius 2 is 1.64 bits per heavy atom. The summed E-state index contributed by atoms with van der Waals surface area (Å²) in [6, 6.07) is 0.665. The van der Waals surface area contributed by atoms with Crippen LogP contribution in [0.25, 0.3) is 0 Å². The summed E-state index contributed by atoms with van der Waals surface area (Å²) in [5, 5.41) is 9.10. The van der Waals surface area contributed by atoms with Crippen molar-refractivity contribution >= 4 is 23.1 Å². The number of halogens is 8. The molecule has 0 aliphatic rings. The van der Waals surface area contributed by atoms with E-state index in [-0.39, 0.29) is 23.8 Å². The standard InChI is InChI=1S/C11H8ClF7N2O/c12-4-8(20)21-7-2-1-5(3-6(7)13)9(22,10(14,15)16)11(17,18)19/h1-3,22H,4H2,(H2,20,21). The van der Waals surface area contributed by atoms with Crippen molar-refractivity contribution in [1.29, 1.82) is 0 Å². The molecule has 0 fully saturated rings. The maximum atomic E-state index is 13.6. The average molecular weight is 353 g/mol. The normalized spacial score (nSPS) is 14.3. The highest BCUT2D eigenvalue weighted by atomic mass is 35.5. The Kier molecular flexibility index (Phi) is 4.98. The molecular weight excluding hydrogens is 345 g/mol. The van der Waals surface area contributed by atoms with E-state index < -0.39 is 35.0 Å². The summed E-state index contributed by atoms with van der Waals surface area (Å²) in [4.78, 5) is 3.37. The third kappa shape index (κ3) is 3.27. The molecule has 0 heterocycles. The van der Waals surface area contributed by atoms with E-state index in [0.717, 1.165) is 0 Å². The number of nitrogens with zero attached hydrogens (tertiary/aromatic N) is 1. The molecule has 11 heteroatoms. The molecule has 1 aromatic carbocycles. The molecule has 0 bridgehead atoms. The number of nitrogens with two attached hydrogens (primary N) is 1. The van der Waals surface area contributed by atoms with Crippen LogP contribution in [0.3, 0.4) is 0 Å². The predicted molar refractivity (Wildman–Crippen MR) is 64.4 cm³/mol. The second kappa shape index (κ2) is 5.92. The van der Waals surface area contributed by atoms with Crippen molar-refractivity contribution in [2.24, 2.45) is 10.7 Å². The fraction of sp³-hybridized carbons (Fsp3) is 0.364. The van der Waals surface area contributed by atoms with Gasteiger partial charge in [-0.1, -0.05) is 6.07 Å². The molecule has 1 aromatic rings. The van der Waals surface area contributed by atoms with Crippen LogP contribution in [-0.4, -0.2) is 29.2 Å². The third-order valence-corrected chi connectivity index (χ3v) is 2.86. The van der Waals surface area contributed by atoms with Crippen LogP contribution in [-0.2, 0) is 5.60 Å². The lowest BCUT2D eigenvalue weighted by Crippen LogP contribution is -2.53. The molecule has 124 valence electrons. The molecule has 1 rings (SSSR count). The van der Waals surface area contributed by atoms with Crippen LogP contribution in [0.2, 0.25) is 0 Å². The topological polar surface area (TPSA) is 58.6 Å². The van der Waals surface area contributed by atoms with E-state index in [1.807, 2.05) is 0 Å². The largest absolute Gasteiger partial charge is 0.430 e. The van der Waals surface area contributed by atoms with Crippen molar-refractivity contribution in [2.75, 3.05) is 5.88 Å². The van der Waals surface area contributed by atoms with Gasteiger partial charge in [-0.15, -0.1) is 11.6 Å². The summed E-state index contributed by atoms with van der Waals surface area (Å²) in [5.41, 5.74) is -2.37. The third-order valence-electron chi connectivity index (χ3n) is 2.59. The number of aliphatic imine (C=N–C) groups is 1. The molecule has 0 amide bonds. The number of alkyl halides is 7. The van der Waals surface area contributed by atoms with Gasteiger partial charge in [-0.25, -0.2) is 9.38 Å². The first kappa shape index (κ1) is 18.5. The van der Waals surface area contributed by atoms with Gasteiger partial charge in [0.25, 0.3) is 5.60 Å². The smallest absolute Gasteiger partial charge is 0.386 e. The minimum absolute atomic E-state index is 0.110. The Balaban J connectivity index is 3.46. The summed E-state index contributed by atoms with van der Waals surface area (Å²) < 4.78 is 89.4. The Morgan fingerprint density at radius 1 is 1.14 bits per heavy atom. The number of amidine groups is 1. The maximum Gasteiger partial charge on any atom is 0.430 e. The molecule has 0 spiro atoms. The van der Waals surface area contributed by atoms with Gasteiger partial charge in [-0.3, -0.25) is 0 Å². The summed E-state index contributed by atoms with van der Waals surface area (Å²) in [6.45, 7) is 0. The SMILES string of the molecule is NC(CCl)=Nc1ccc(C(O)(C(F)(F)F)C(F)(F)F)cc1F. The molecule has 0 aliphatic carbocycles. The molecule has 3 nitrogen and oxygen atoms in total. The zero-order chi connectivity index (χ0) is 17.3. The molecule has 0 unspecified atom stereocenters. The number of rotatable bonds is 3. The van der Waals surface area contributed by atoms with Gasteiger partial charge in [0.2, 0.25) is 0 Å². The minimum atomic E-state index is -6.10. The van der Waals surface area contributed by atoms with Crippen LogP contribution in [0.1, 0.15) is 5.56 Å². The zero-order valence-corrected chi connectivity index (χ0v) is 11.2. The molecule has 22 heavy (non-hydrogen) atoms. The van der Waals surface area contributed by atoms with Crippen molar-refractivity contribution in [3.05, 3.63) is 29.6 Å². The lowest BCUT2D eigenvalue weighted by Gasteiger charge is -2.32. The molecule has 0 saturated heterocycles. The first-order chi connectivity index (χ1) is 9.84. The van der Waals surface area contributed by atoms with E-state index >= 15 is 0 Å². The van der Waals surface area contributed by atoms with Gasteiger partial charge >= 0.3 is 12.4 Å². The highest BCUT2D eigenvalue weighted by molar-refractivity contribution is 6.28. The van der Waals surface area contributed by atoms with Gasteiger partial charge in [0.15, 0.2) is 0 Å². The maximum absolute atomic E-state index is 13.6. The lowest BCUT2D eigenvalue weighted by atomic mass is 9.92. The van der Waals surface area contributed by atoms with E-state index in [2.05, 4.69) is 4.99 Å². The molecule has 0 aromatic heterocycles. The van der Waals surface area contributed by atoms with Crippen molar-refractivity contribution in [2.45, 2.75) is 18.0 Å². The molecular formula is C11H8ClF7N2O. The Labute approximate surface area is 124 Å². The molecule has 3 N–H and O–H groups in total. The average Bonchev–Trinajstić information content (AvgIpc) is 2.37. The first-order valence-electron chi connectivity index (χ1n) is 5.39. The van der Waals surface area contributed by atoms with E-state index in [0.29, 0.717) is 6.07 Å². The van der Waals surface area contributed by atoms with Crippen LogP contribution >= 0.6 is 11.6 Å². The fourth-order valence-corrected chi connectivity index (χ4v) is 1.56. The Morgan fingerprint density at radius 3 is 2.00 bits per heavy atom. The number of aliphatic hydroxyl groups is 1. The van der Waals surface area contributed by atoms with Crippen LogP contribution < -0.4 is 5.73 Å². The van der Waals surface area contributed by atoms with Crippen molar-refractivity contribution in [1.82, 2.24) is 0 Å². The van der Waals surface area contributed by atoms with E-state index in [4.69, 9.17) is 22.4 Å². The summed E-state index contributed by atoms with van der Waals surface area (Å²) in [5.74, 6) is -2.15. The summed E-state index contributed by atoms with van der Waals surface area (Å²) in [6.07, 6.45) is -12.2. The minimum Gasteiger partial charge on any atom is -0.386 e. The van der Waals surface area contributed by atoms with Gasteiger partial charge in [-0.2, -0.15) is 26.3 Å². The Hall–Kier alpha value is -1.55. The van der Waals surface area contributed by atoms with E-state index in [1.54, 1.807) is 0 Å².